The third kappa shape index (κ3) is 3.13. The van der Waals surface area contributed by atoms with Crippen molar-refractivity contribution in [3.63, 3.8) is 0 Å². The first-order chi connectivity index (χ1) is 12.2. The first-order valence-corrected chi connectivity index (χ1v) is 8.81. The van der Waals surface area contributed by atoms with Crippen LogP contribution in [0.1, 0.15) is 5.56 Å². The molecule has 0 spiro atoms. The Hall–Kier alpha value is -2.73. The molecule has 0 unspecified atom stereocenters. The van der Waals surface area contributed by atoms with Crippen molar-refractivity contribution in [2.45, 2.75) is 10.8 Å². The minimum absolute atomic E-state index is 0.283. The van der Waals surface area contributed by atoms with Crippen LogP contribution in [0.25, 0.3) is 22.6 Å². The van der Waals surface area contributed by atoms with E-state index >= 15 is 0 Å². The minimum atomic E-state index is -0.283. The zero-order valence-corrected chi connectivity index (χ0v) is 14.4. The van der Waals surface area contributed by atoms with Gasteiger partial charge in [0.05, 0.1) is 0 Å². The van der Waals surface area contributed by atoms with Gasteiger partial charge in [-0.1, -0.05) is 54.2 Å². The molecule has 124 valence electrons. The Labute approximate surface area is 148 Å². The van der Waals surface area contributed by atoms with E-state index in [2.05, 4.69) is 27.1 Å². The van der Waals surface area contributed by atoms with Crippen molar-refractivity contribution in [3.8, 4) is 11.4 Å². The van der Waals surface area contributed by atoms with Crippen molar-refractivity contribution < 1.29 is 4.39 Å². The Balaban J connectivity index is 1.74. The van der Waals surface area contributed by atoms with Crippen LogP contribution in [0.5, 0.6) is 0 Å². The summed E-state index contributed by atoms with van der Waals surface area (Å²) in [7, 11) is 1.91. The third-order valence-corrected chi connectivity index (χ3v) is 4.99. The van der Waals surface area contributed by atoms with Crippen LogP contribution < -0.4 is 0 Å². The molecular formula is C19H15FN4S. The van der Waals surface area contributed by atoms with Crippen LogP contribution in [-0.2, 0) is 12.8 Å². The van der Waals surface area contributed by atoms with Crippen molar-refractivity contribution in [1.29, 1.82) is 0 Å². The molecule has 4 rings (SSSR count). The first-order valence-electron chi connectivity index (χ1n) is 7.82. The summed E-state index contributed by atoms with van der Waals surface area (Å²) in [5.41, 5.74) is 3.43. The van der Waals surface area contributed by atoms with Gasteiger partial charge in [0.15, 0.2) is 5.65 Å². The summed E-state index contributed by atoms with van der Waals surface area (Å²) in [6, 6.07) is 16.7. The van der Waals surface area contributed by atoms with Crippen LogP contribution in [0.3, 0.4) is 0 Å². The van der Waals surface area contributed by atoms with Gasteiger partial charge in [0.2, 0.25) is 0 Å². The lowest BCUT2D eigenvalue weighted by molar-refractivity contribution is 0.628. The number of aryl methyl sites for hydroxylation is 1. The molecule has 0 aliphatic rings. The van der Waals surface area contributed by atoms with E-state index in [9.17, 15) is 4.39 Å². The highest BCUT2D eigenvalue weighted by Crippen LogP contribution is 2.30. The van der Waals surface area contributed by atoms with Crippen LogP contribution in [-0.4, -0.2) is 19.5 Å². The summed E-state index contributed by atoms with van der Waals surface area (Å²) in [6.45, 7) is 0. The molecule has 0 saturated carbocycles. The van der Waals surface area contributed by atoms with Gasteiger partial charge in [0.1, 0.15) is 28.5 Å². The van der Waals surface area contributed by atoms with Crippen molar-refractivity contribution >= 4 is 22.9 Å². The largest absolute Gasteiger partial charge is 0.324 e. The molecule has 6 heteroatoms. The molecule has 0 atom stereocenters. The quantitative estimate of drug-likeness (QED) is 0.402. The molecule has 0 aliphatic heterocycles. The molecule has 0 fully saturated rings. The zero-order valence-electron chi connectivity index (χ0n) is 13.6. The Morgan fingerprint density at radius 1 is 1.04 bits per heavy atom. The van der Waals surface area contributed by atoms with E-state index < -0.39 is 0 Å². The van der Waals surface area contributed by atoms with Crippen LogP contribution in [0, 0.1) is 5.82 Å². The van der Waals surface area contributed by atoms with E-state index in [1.54, 1.807) is 17.8 Å². The Bertz CT molecular complexity index is 1030. The van der Waals surface area contributed by atoms with Gasteiger partial charge in [-0.3, -0.25) is 0 Å². The lowest BCUT2D eigenvalue weighted by atomic mass is 10.2. The molecule has 0 amide bonds. The summed E-state index contributed by atoms with van der Waals surface area (Å²) in [5, 5.41) is 0.867. The van der Waals surface area contributed by atoms with Gasteiger partial charge >= 0.3 is 0 Å². The van der Waals surface area contributed by atoms with Crippen LogP contribution in [0.4, 0.5) is 4.39 Å². The van der Waals surface area contributed by atoms with Gasteiger partial charge in [0, 0.05) is 18.4 Å². The topological polar surface area (TPSA) is 43.6 Å². The Kier molecular flexibility index (Phi) is 4.19. The number of aromatic nitrogens is 4. The second kappa shape index (κ2) is 6.64. The molecule has 0 bridgehead atoms. The number of imidazole rings is 1. The van der Waals surface area contributed by atoms with E-state index in [0.717, 1.165) is 21.9 Å². The van der Waals surface area contributed by atoms with Gasteiger partial charge < -0.3 is 4.57 Å². The highest BCUT2D eigenvalue weighted by atomic mass is 32.2. The van der Waals surface area contributed by atoms with E-state index in [1.807, 2.05) is 35.9 Å². The molecule has 0 radical (unpaired) electrons. The molecular weight excluding hydrogens is 335 g/mol. The molecule has 2 heterocycles. The van der Waals surface area contributed by atoms with E-state index in [4.69, 9.17) is 0 Å². The SMILES string of the molecule is Cn1c(-c2cccc(F)c2)nc2ncnc(SCc3ccccc3)c21. The maximum Gasteiger partial charge on any atom is 0.182 e. The highest BCUT2D eigenvalue weighted by molar-refractivity contribution is 7.98. The molecule has 25 heavy (non-hydrogen) atoms. The van der Waals surface area contributed by atoms with Gasteiger partial charge in [-0.2, -0.15) is 0 Å². The van der Waals surface area contributed by atoms with E-state index in [1.165, 1.54) is 24.0 Å². The average Bonchev–Trinajstić information content (AvgIpc) is 2.98. The fraction of sp³-hybridized carbons (Fsp3) is 0.105. The lowest BCUT2D eigenvalue weighted by Gasteiger charge is -2.06. The molecule has 0 aliphatic carbocycles. The average molecular weight is 350 g/mol. The van der Waals surface area contributed by atoms with Gasteiger partial charge in [0.25, 0.3) is 0 Å². The van der Waals surface area contributed by atoms with Crippen LogP contribution in [0.15, 0.2) is 66.0 Å². The second-order valence-electron chi connectivity index (χ2n) is 5.63. The molecule has 2 aromatic carbocycles. The first kappa shape index (κ1) is 15.8. The number of hydrogen-bond donors (Lipinski definition) is 0. The van der Waals surface area contributed by atoms with Crippen LogP contribution >= 0.6 is 11.8 Å². The summed E-state index contributed by atoms with van der Waals surface area (Å²) in [4.78, 5) is 13.3. The van der Waals surface area contributed by atoms with Crippen molar-refractivity contribution in [1.82, 2.24) is 19.5 Å². The standard InChI is InChI=1S/C19H15FN4S/c1-24-16-17(23-18(24)14-8-5-9-15(20)10-14)21-12-22-19(16)25-11-13-6-3-2-4-7-13/h2-10,12H,11H2,1H3. The molecule has 4 aromatic rings. The predicted molar refractivity (Wildman–Crippen MR) is 97.7 cm³/mol. The second-order valence-corrected chi connectivity index (χ2v) is 6.59. The van der Waals surface area contributed by atoms with Gasteiger partial charge in [-0.05, 0) is 17.7 Å². The number of halogens is 1. The van der Waals surface area contributed by atoms with E-state index in [-0.39, 0.29) is 5.82 Å². The zero-order chi connectivity index (χ0) is 17.2. The molecule has 4 nitrogen and oxygen atoms in total. The number of nitrogens with zero attached hydrogens (tertiary/aromatic N) is 4. The van der Waals surface area contributed by atoms with Crippen molar-refractivity contribution in [3.05, 3.63) is 72.3 Å². The smallest absolute Gasteiger partial charge is 0.182 e. The van der Waals surface area contributed by atoms with Gasteiger partial charge in [-0.25, -0.2) is 19.3 Å². The lowest BCUT2D eigenvalue weighted by Crippen LogP contribution is -1.95. The summed E-state index contributed by atoms with van der Waals surface area (Å²) in [6.07, 6.45) is 1.53. The molecule has 0 saturated heterocycles. The fourth-order valence-corrected chi connectivity index (χ4v) is 3.71. The third-order valence-electron chi connectivity index (χ3n) is 3.94. The normalized spacial score (nSPS) is 11.1. The van der Waals surface area contributed by atoms with Gasteiger partial charge in [-0.15, -0.1) is 0 Å². The van der Waals surface area contributed by atoms with Crippen molar-refractivity contribution in [2.24, 2.45) is 7.05 Å². The van der Waals surface area contributed by atoms with Crippen molar-refractivity contribution in [2.75, 3.05) is 0 Å². The predicted octanol–water partition coefficient (Wildman–Crippen LogP) is 4.46. The number of fused-ring (bicyclic) bond motifs is 1. The maximum absolute atomic E-state index is 13.6. The maximum atomic E-state index is 13.6. The summed E-state index contributed by atoms with van der Waals surface area (Å²) >= 11 is 1.64. The molecule has 2 aromatic heterocycles. The number of thioether (sulfide) groups is 1. The molecule has 0 N–H and O–H groups in total. The summed E-state index contributed by atoms with van der Waals surface area (Å²) < 4.78 is 15.5. The fourth-order valence-electron chi connectivity index (χ4n) is 2.73. The number of benzene rings is 2. The Morgan fingerprint density at radius 2 is 1.88 bits per heavy atom. The number of rotatable bonds is 4. The highest BCUT2D eigenvalue weighted by Gasteiger charge is 2.15. The van der Waals surface area contributed by atoms with E-state index in [0.29, 0.717) is 11.5 Å². The number of hydrogen-bond acceptors (Lipinski definition) is 4. The summed E-state index contributed by atoms with van der Waals surface area (Å²) in [5.74, 6) is 1.21. The van der Waals surface area contributed by atoms with Crippen LogP contribution in [0.2, 0.25) is 0 Å². The monoisotopic (exact) mass is 350 g/mol. The Morgan fingerprint density at radius 3 is 2.68 bits per heavy atom. The minimum Gasteiger partial charge on any atom is -0.324 e.